The number of esters is 1. The number of hydrogen-bond donors (Lipinski definition) is 1. The zero-order valence-electron chi connectivity index (χ0n) is 8.40. The maximum atomic E-state index is 12.9. The van der Waals surface area contributed by atoms with E-state index in [1.165, 1.54) is 25.4 Å². The van der Waals surface area contributed by atoms with Crippen LogP contribution in [0.15, 0.2) is 24.5 Å². The van der Waals surface area contributed by atoms with E-state index in [-0.39, 0.29) is 5.69 Å². The molecular weight excluding hydrogens is 213 g/mol. The Kier molecular flexibility index (Phi) is 2.63. The number of nitrogens with one attached hydrogen (secondary N) is 1. The van der Waals surface area contributed by atoms with Crippen molar-refractivity contribution in [1.82, 2.24) is 15.2 Å². The normalized spacial score (nSPS) is 10.1. The predicted molar refractivity (Wildman–Crippen MR) is 53.1 cm³/mol. The molecular formula is C10H8FN3O2. The van der Waals surface area contributed by atoms with Crippen molar-refractivity contribution in [3.63, 3.8) is 0 Å². The van der Waals surface area contributed by atoms with Crippen molar-refractivity contribution in [2.75, 3.05) is 7.11 Å². The molecule has 2 aromatic heterocycles. The van der Waals surface area contributed by atoms with E-state index in [1.54, 1.807) is 0 Å². The molecule has 0 amide bonds. The lowest BCUT2D eigenvalue weighted by atomic mass is 10.2. The first-order valence-electron chi connectivity index (χ1n) is 4.45. The number of ether oxygens (including phenoxy) is 1. The van der Waals surface area contributed by atoms with Gasteiger partial charge in [-0.05, 0) is 12.1 Å². The van der Waals surface area contributed by atoms with Gasteiger partial charge in [-0.3, -0.25) is 10.1 Å². The van der Waals surface area contributed by atoms with Gasteiger partial charge in [-0.25, -0.2) is 9.18 Å². The molecule has 0 atom stereocenters. The summed E-state index contributed by atoms with van der Waals surface area (Å²) in [6.45, 7) is 0. The van der Waals surface area contributed by atoms with Gasteiger partial charge in [0.2, 0.25) is 0 Å². The van der Waals surface area contributed by atoms with Crippen molar-refractivity contribution in [3.05, 3.63) is 36.0 Å². The highest BCUT2D eigenvalue weighted by Gasteiger charge is 2.11. The lowest BCUT2D eigenvalue weighted by molar-refractivity contribution is 0.0594. The topological polar surface area (TPSA) is 67.9 Å². The SMILES string of the molecule is COC(=O)c1cc(-c2cncc(F)c2)n[nH]1. The quantitative estimate of drug-likeness (QED) is 0.778. The molecule has 2 rings (SSSR count). The van der Waals surface area contributed by atoms with Crippen LogP contribution < -0.4 is 0 Å². The standard InChI is InChI=1S/C10H8FN3O2/c1-16-10(15)9-3-8(13-14-9)6-2-7(11)5-12-4-6/h2-5H,1H3,(H,13,14). The highest BCUT2D eigenvalue weighted by atomic mass is 19.1. The van der Waals surface area contributed by atoms with Crippen LogP contribution in [0, 0.1) is 5.82 Å². The molecule has 0 aliphatic rings. The van der Waals surface area contributed by atoms with Gasteiger partial charge < -0.3 is 4.74 Å². The summed E-state index contributed by atoms with van der Waals surface area (Å²) in [5.41, 5.74) is 1.14. The molecule has 0 saturated carbocycles. The van der Waals surface area contributed by atoms with Crippen LogP contribution in [0.1, 0.15) is 10.5 Å². The van der Waals surface area contributed by atoms with Crippen molar-refractivity contribution in [3.8, 4) is 11.3 Å². The first kappa shape index (κ1) is 10.3. The highest BCUT2D eigenvalue weighted by molar-refractivity contribution is 5.88. The summed E-state index contributed by atoms with van der Waals surface area (Å²) in [6, 6.07) is 2.76. The third-order valence-corrected chi connectivity index (χ3v) is 1.98. The van der Waals surface area contributed by atoms with Crippen LogP contribution in [0.25, 0.3) is 11.3 Å². The van der Waals surface area contributed by atoms with Crippen molar-refractivity contribution >= 4 is 5.97 Å². The van der Waals surface area contributed by atoms with Gasteiger partial charge in [0.1, 0.15) is 11.5 Å². The Bertz CT molecular complexity index is 524. The molecule has 1 N–H and O–H groups in total. The molecule has 2 heterocycles. The maximum absolute atomic E-state index is 12.9. The molecule has 0 aliphatic heterocycles. The smallest absolute Gasteiger partial charge is 0.356 e. The molecule has 6 heteroatoms. The predicted octanol–water partition coefficient (Wildman–Crippen LogP) is 1.40. The summed E-state index contributed by atoms with van der Waals surface area (Å²) in [6.07, 6.45) is 2.55. The van der Waals surface area contributed by atoms with Gasteiger partial charge in [0.05, 0.1) is 19.0 Å². The third-order valence-electron chi connectivity index (χ3n) is 1.98. The number of hydrogen-bond acceptors (Lipinski definition) is 4. The molecule has 0 saturated heterocycles. The number of methoxy groups -OCH3 is 1. The first-order valence-corrected chi connectivity index (χ1v) is 4.45. The van der Waals surface area contributed by atoms with Gasteiger partial charge in [-0.2, -0.15) is 5.10 Å². The van der Waals surface area contributed by atoms with E-state index in [4.69, 9.17) is 0 Å². The molecule has 5 nitrogen and oxygen atoms in total. The fourth-order valence-corrected chi connectivity index (χ4v) is 1.24. The molecule has 0 unspecified atom stereocenters. The minimum absolute atomic E-state index is 0.210. The Labute approximate surface area is 90.3 Å². The molecule has 0 spiro atoms. The zero-order chi connectivity index (χ0) is 11.5. The summed E-state index contributed by atoms with van der Waals surface area (Å²) >= 11 is 0. The number of halogens is 1. The summed E-state index contributed by atoms with van der Waals surface area (Å²) < 4.78 is 17.4. The average Bonchev–Trinajstić information content (AvgIpc) is 2.77. The van der Waals surface area contributed by atoms with Crippen LogP contribution in [-0.2, 0) is 4.74 Å². The third kappa shape index (κ3) is 1.90. The Morgan fingerprint density at radius 2 is 2.25 bits per heavy atom. The number of pyridine rings is 1. The molecule has 0 bridgehead atoms. The fraction of sp³-hybridized carbons (Fsp3) is 0.100. The number of rotatable bonds is 2. The van der Waals surface area contributed by atoms with Gasteiger partial charge in [-0.1, -0.05) is 0 Å². The summed E-state index contributed by atoms with van der Waals surface area (Å²) in [7, 11) is 1.27. The van der Waals surface area contributed by atoms with Crippen LogP contribution in [0.4, 0.5) is 4.39 Å². The number of carbonyl (C=O) groups excluding carboxylic acids is 1. The minimum Gasteiger partial charge on any atom is -0.464 e. The van der Waals surface area contributed by atoms with Crippen molar-refractivity contribution in [2.24, 2.45) is 0 Å². The molecule has 2 aromatic rings. The molecule has 0 radical (unpaired) electrons. The molecule has 0 fully saturated rings. The molecule has 82 valence electrons. The van der Waals surface area contributed by atoms with E-state index in [2.05, 4.69) is 19.9 Å². The average molecular weight is 221 g/mol. The van der Waals surface area contributed by atoms with Crippen molar-refractivity contribution in [2.45, 2.75) is 0 Å². The lowest BCUT2D eigenvalue weighted by Crippen LogP contribution is -2.00. The lowest BCUT2D eigenvalue weighted by Gasteiger charge is -1.94. The Balaban J connectivity index is 2.35. The Morgan fingerprint density at radius 3 is 2.94 bits per heavy atom. The van der Waals surface area contributed by atoms with Gasteiger partial charge in [0.25, 0.3) is 0 Å². The van der Waals surface area contributed by atoms with Crippen LogP contribution >= 0.6 is 0 Å². The monoisotopic (exact) mass is 221 g/mol. The second-order valence-corrected chi connectivity index (χ2v) is 3.05. The van der Waals surface area contributed by atoms with Crippen LogP contribution in [0.5, 0.6) is 0 Å². The molecule has 0 aromatic carbocycles. The number of aromatic nitrogens is 3. The van der Waals surface area contributed by atoms with Gasteiger partial charge in [0.15, 0.2) is 0 Å². The Hall–Kier alpha value is -2.24. The van der Waals surface area contributed by atoms with Crippen LogP contribution in [-0.4, -0.2) is 28.3 Å². The molecule has 16 heavy (non-hydrogen) atoms. The summed E-state index contributed by atoms with van der Waals surface area (Å²) in [5.74, 6) is -0.983. The number of H-pyrrole nitrogens is 1. The van der Waals surface area contributed by atoms with Gasteiger partial charge >= 0.3 is 5.97 Å². The van der Waals surface area contributed by atoms with E-state index in [1.807, 2.05) is 0 Å². The summed E-state index contributed by atoms with van der Waals surface area (Å²) in [4.78, 5) is 14.8. The largest absolute Gasteiger partial charge is 0.464 e. The van der Waals surface area contributed by atoms with Crippen molar-refractivity contribution in [1.29, 1.82) is 0 Å². The first-order chi connectivity index (χ1) is 7.70. The van der Waals surface area contributed by atoms with Gasteiger partial charge in [-0.15, -0.1) is 0 Å². The van der Waals surface area contributed by atoms with E-state index >= 15 is 0 Å². The van der Waals surface area contributed by atoms with Crippen LogP contribution in [0.3, 0.4) is 0 Å². The molecule has 0 aliphatic carbocycles. The number of carbonyl (C=O) groups is 1. The maximum Gasteiger partial charge on any atom is 0.356 e. The Morgan fingerprint density at radius 1 is 1.44 bits per heavy atom. The zero-order valence-corrected chi connectivity index (χ0v) is 8.40. The van der Waals surface area contributed by atoms with Crippen LogP contribution in [0.2, 0.25) is 0 Å². The van der Waals surface area contributed by atoms with E-state index < -0.39 is 11.8 Å². The summed E-state index contributed by atoms with van der Waals surface area (Å²) in [5, 5.41) is 6.36. The van der Waals surface area contributed by atoms with E-state index in [0.29, 0.717) is 11.3 Å². The highest BCUT2D eigenvalue weighted by Crippen LogP contribution is 2.17. The minimum atomic E-state index is -0.525. The number of nitrogens with zero attached hydrogens (tertiary/aromatic N) is 2. The van der Waals surface area contributed by atoms with Gasteiger partial charge in [0, 0.05) is 11.8 Å². The second kappa shape index (κ2) is 4.09. The van der Waals surface area contributed by atoms with Crippen molar-refractivity contribution < 1.29 is 13.9 Å². The number of aromatic amines is 1. The fourth-order valence-electron chi connectivity index (χ4n) is 1.24. The van der Waals surface area contributed by atoms with E-state index in [9.17, 15) is 9.18 Å². The second-order valence-electron chi connectivity index (χ2n) is 3.05. The van der Waals surface area contributed by atoms with E-state index in [0.717, 1.165) is 6.20 Å².